The molecule has 0 aliphatic rings. The number of para-hydroxylation sites is 1. The number of esters is 1. The fraction of sp³-hybridized carbons (Fsp3) is 0.182. The number of aryl methyl sites for hydroxylation is 1. The summed E-state index contributed by atoms with van der Waals surface area (Å²) in [7, 11) is 2.91. The maximum absolute atomic E-state index is 13.5. The minimum atomic E-state index is -0.904. The lowest BCUT2D eigenvalue weighted by atomic mass is 10.1. The largest absolute Gasteiger partial charge is 0.496 e. The topological polar surface area (TPSA) is 94.9 Å². The first kappa shape index (κ1) is 20.8. The van der Waals surface area contributed by atoms with Crippen LogP contribution in [0, 0.1) is 0 Å². The molecule has 3 aromatic rings. The van der Waals surface area contributed by atoms with Crippen LogP contribution in [0.2, 0.25) is 0 Å². The monoisotopic (exact) mass is 408 g/mol. The molecular formula is C22H20N2O6. The van der Waals surface area contributed by atoms with Gasteiger partial charge in [-0.15, -0.1) is 0 Å². The molecule has 1 heterocycles. The number of benzene rings is 2. The molecule has 0 N–H and O–H groups in total. The van der Waals surface area contributed by atoms with Gasteiger partial charge in [0.15, 0.2) is 5.75 Å². The average molecular weight is 408 g/mol. The van der Waals surface area contributed by atoms with E-state index in [1.165, 1.54) is 25.6 Å². The number of imide groups is 1. The van der Waals surface area contributed by atoms with Gasteiger partial charge in [-0.05, 0) is 24.3 Å². The van der Waals surface area contributed by atoms with E-state index in [9.17, 15) is 19.2 Å². The number of amides is 2. The van der Waals surface area contributed by atoms with Gasteiger partial charge in [-0.1, -0.05) is 24.3 Å². The van der Waals surface area contributed by atoms with Crippen LogP contribution in [0.15, 0.2) is 53.3 Å². The van der Waals surface area contributed by atoms with Crippen molar-refractivity contribution in [2.75, 3.05) is 12.0 Å². The molecule has 1 aromatic heterocycles. The van der Waals surface area contributed by atoms with Gasteiger partial charge < -0.3 is 14.0 Å². The van der Waals surface area contributed by atoms with E-state index in [-0.39, 0.29) is 16.8 Å². The van der Waals surface area contributed by atoms with Crippen molar-refractivity contribution in [2.45, 2.75) is 13.8 Å². The van der Waals surface area contributed by atoms with Gasteiger partial charge in [-0.2, -0.15) is 0 Å². The summed E-state index contributed by atoms with van der Waals surface area (Å²) in [4.78, 5) is 51.7. The minimum Gasteiger partial charge on any atom is -0.496 e. The molecule has 8 nitrogen and oxygen atoms in total. The summed E-state index contributed by atoms with van der Waals surface area (Å²) in [5.74, 6) is -2.16. The number of methoxy groups -OCH3 is 1. The van der Waals surface area contributed by atoms with Crippen molar-refractivity contribution in [3.63, 3.8) is 0 Å². The zero-order valence-corrected chi connectivity index (χ0v) is 17.0. The van der Waals surface area contributed by atoms with Crippen LogP contribution in [0.1, 0.15) is 24.2 Å². The number of carbonyl (C=O) groups excluding carboxylic acids is 3. The van der Waals surface area contributed by atoms with Gasteiger partial charge in [0.1, 0.15) is 11.3 Å². The summed E-state index contributed by atoms with van der Waals surface area (Å²) >= 11 is 0. The average Bonchev–Trinajstić information content (AvgIpc) is 2.71. The second-order valence-electron chi connectivity index (χ2n) is 6.51. The first-order valence-corrected chi connectivity index (χ1v) is 9.06. The fourth-order valence-electron chi connectivity index (χ4n) is 3.26. The van der Waals surface area contributed by atoms with E-state index in [1.54, 1.807) is 48.5 Å². The van der Waals surface area contributed by atoms with Crippen LogP contribution in [0.4, 0.5) is 5.69 Å². The number of carbonyl (C=O) groups is 3. The molecule has 0 aliphatic heterocycles. The first-order chi connectivity index (χ1) is 14.3. The lowest BCUT2D eigenvalue weighted by Gasteiger charge is -2.22. The lowest BCUT2D eigenvalue weighted by Crippen LogP contribution is -2.40. The lowest BCUT2D eigenvalue weighted by molar-refractivity contribution is -0.131. The van der Waals surface area contributed by atoms with Gasteiger partial charge in [-0.3, -0.25) is 19.2 Å². The molecule has 30 heavy (non-hydrogen) atoms. The zero-order chi connectivity index (χ0) is 22.0. The van der Waals surface area contributed by atoms with Crippen LogP contribution in [-0.2, 0) is 16.6 Å². The molecule has 0 saturated carbocycles. The Balaban J connectivity index is 2.40. The van der Waals surface area contributed by atoms with E-state index < -0.39 is 28.9 Å². The highest BCUT2D eigenvalue weighted by atomic mass is 16.5. The molecule has 0 saturated heterocycles. The molecule has 0 atom stereocenters. The Morgan fingerprint density at radius 1 is 0.967 bits per heavy atom. The van der Waals surface area contributed by atoms with Crippen molar-refractivity contribution in [1.82, 2.24) is 4.57 Å². The number of anilines is 1. The van der Waals surface area contributed by atoms with E-state index in [1.807, 2.05) is 0 Å². The Hall–Kier alpha value is -3.94. The number of hydrogen-bond donors (Lipinski definition) is 0. The van der Waals surface area contributed by atoms with E-state index >= 15 is 0 Å². The minimum absolute atomic E-state index is 0.245. The van der Waals surface area contributed by atoms with Gasteiger partial charge >= 0.3 is 5.97 Å². The van der Waals surface area contributed by atoms with Crippen LogP contribution in [0.5, 0.6) is 11.5 Å². The van der Waals surface area contributed by atoms with Gasteiger partial charge in [0.25, 0.3) is 11.5 Å². The second-order valence-corrected chi connectivity index (χ2v) is 6.51. The first-order valence-electron chi connectivity index (χ1n) is 9.06. The van der Waals surface area contributed by atoms with Gasteiger partial charge in [-0.25, -0.2) is 4.90 Å². The summed E-state index contributed by atoms with van der Waals surface area (Å²) in [6, 6.07) is 13.1. The third kappa shape index (κ3) is 3.55. The summed E-state index contributed by atoms with van der Waals surface area (Å²) < 4.78 is 12.0. The molecule has 0 bridgehead atoms. The molecule has 154 valence electrons. The van der Waals surface area contributed by atoms with E-state index in [0.717, 1.165) is 11.8 Å². The Labute approximate surface area is 172 Å². The van der Waals surface area contributed by atoms with Crippen LogP contribution in [0.25, 0.3) is 10.9 Å². The third-order valence-corrected chi connectivity index (χ3v) is 4.55. The fourth-order valence-corrected chi connectivity index (χ4v) is 3.26. The van der Waals surface area contributed by atoms with Crippen molar-refractivity contribution in [1.29, 1.82) is 0 Å². The van der Waals surface area contributed by atoms with Crippen LogP contribution in [0.3, 0.4) is 0 Å². The smallest absolute Gasteiger partial charge is 0.308 e. The number of ether oxygens (including phenoxy) is 2. The Morgan fingerprint density at radius 3 is 2.20 bits per heavy atom. The van der Waals surface area contributed by atoms with Gasteiger partial charge in [0.2, 0.25) is 5.91 Å². The molecule has 2 aromatic carbocycles. The highest BCUT2D eigenvalue weighted by Crippen LogP contribution is 2.36. The van der Waals surface area contributed by atoms with Crippen molar-refractivity contribution < 1.29 is 23.9 Å². The number of hydrogen-bond acceptors (Lipinski definition) is 6. The Kier molecular flexibility index (Phi) is 5.68. The summed E-state index contributed by atoms with van der Waals surface area (Å²) in [5.41, 5.74) is -0.463. The maximum atomic E-state index is 13.5. The predicted octanol–water partition coefficient (Wildman–Crippen LogP) is 2.67. The standard InChI is InChI=1S/C22H20N2O6/c1-13(25)24(15-9-6-5-7-10-15)22(28)19-20(30-14(2)26)18-16(23(3)21(19)27)11-8-12-17(18)29-4/h5-12H,1-4H3. The zero-order valence-electron chi connectivity index (χ0n) is 17.0. The van der Waals surface area contributed by atoms with Crippen LogP contribution in [-0.4, -0.2) is 29.5 Å². The highest BCUT2D eigenvalue weighted by Gasteiger charge is 2.31. The normalized spacial score (nSPS) is 10.5. The summed E-state index contributed by atoms with van der Waals surface area (Å²) in [5, 5.41) is 0.275. The third-order valence-electron chi connectivity index (χ3n) is 4.55. The number of fused-ring (bicyclic) bond motifs is 1. The van der Waals surface area contributed by atoms with Crippen LogP contribution < -0.4 is 19.9 Å². The van der Waals surface area contributed by atoms with Gasteiger partial charge in [0, 0.05) is 20.9 Å². The van der Waals surface area contributed by atoms with Gasteiger partial charge in [0.05, 0.1) is 23.7 Å². The SMILES string of the molecule is COc1cccc2c1c(OC(C)=O)c(C(=O)N(C(C)=O)c1ccccc1)c(=O)n2C. The number of pyridine rings is 1. The summed E-state index contributed by atoms with van der Waals surface area (Å²) in [6.45, 7) is 2.37. The maximum Gasteiger partial charge on any atom is 0.308 e. The predicted molar refractivity (Wildman–Crippen MR) is 111 cm³/mol. The number of nitrogens with zero attached hydrogens (tertiary/aromatic N) is 2. The van der Waals surface area contributed by atoms with E-state index in [4.69, 9.17) is 9.47 Å². The number of rotatable bonds is 4. The molecule has 0 aliphatic carbocycles. The molecular weight excluding hydrogens is 388 g/mol. The van der Waals surface area contributed by atoms with Crippen molar-refractivity contribution in [3.8, 4) is 11.5 Å². The summed E-state index contributed by atoms with van der Waals surface area (Å²) in [6.07, 6.45) is 0. The van der Waals surface area contributed by atoms with Crippen LogP contribution >= 0.6 is 0 Å². The second kappa shape index (κ2) is 8.20. The number of aromatic nitrogens is 1. The van der Waals surface area contributed by atoms with Crippen molar-refractivity contribution >= 4 is 34.4 Å². The molecule has 8 heteroatoms. The van der Waals surface area contributed by atoms with Crippen molar-refractivity contribution in [3.05, 3.63) is 64.4 Å². The molecule has 0 spiro atoms. The quantitative estimate of drug-likeness (QED) is 0.616. The van der Waals surface area contributed by atoms with E-state index in [0.29, 0.717) is 11.3 Å². The molecule has 0 fully saturated rings. The van der Waals surface area contributed by atoms with Crippen molar-refractivity contribution in [2.24, 2.45) is 7.05 Å². The molecule has 0 unspecified atom stereocenters. The molecule has 3 rings (SSSR count). The Morgan fingerprint density at radius 2 is 1.63 bits per heavy atom. The Bertz CT molecular complexity index is 1210. The van der Waals surface area contributed by atoms with E-state index in [2.05, 4.69) is 0 Å². The highest BCUT2D eigenvalue weighted by molar-refractivity contribution is 6.22. The molecule has 0 radical (unpaired) electrons. The molecule has 2 amide bonds.